The number of para-hydroxylation sites is 1. The molecule has 2 aromatic heterocycles. The highest BCUT2D eigenvalue weighted by Crippen LogP contribution is 2.37. The van der Waals surface area contributed by atoms with Gasteiger partial charge in [0.2, 0.25) is 5.28 Å². The first-order valence-corrected chi connectivity index (χ1v) is 12.5. The number of hydrogen-bond acceptors (Lipinski definition) is 7. The summed E-state index contributed by atoms with van der Waals surface area (Å²) in [6.07, 6.45) is 5.43. The molecule has 0 spiro atoms. The lowest BCUT2D eigenvalue weighted by Crippen LogP contribution is -2.47. The van der Waals surface area contributed by atoms with Gasteiger partial charge in [0.15, 0.2) is 0 Å². The number of hydrogen-bond donors (Lipinski definition) is 0. The van der Waals surface area contributed by atoms with E-state index in [-0.39, 0.29) is 17.4 Å². The zero-order valence-electron chi connectivity index (χ0n) is 18.2. The Labute approximate surface area is 197 Å². The fraction of sp³-hybridized carbons (Fsp3) is 0.458. The summed E-state index contributed by atoms with van der Waals surface area (Å²) in [5.41, 5.74) is 2.13. The normalized spacial score (nSPS) is 17.7. The minimum Gasteiger partial charge on any atom is -0.458 e. The SMILES string of the molecule is Cc1c(C(=O)OC2CCCCC2)sc2nc(Cl)nc(N3CCN(c4ccccc4)CC3)c12. The molecule has 8 heteroatoms. The molecule has 0 amide bonds. The third-order valence-corrected chi connectivity index (χ3v) is 7.79. The van der Waals surface area contributed by atoms with Crippen LogP contribution in [0.4, 0.5) is 11.5 Å². The highest BCUT2D eigenvalue weighted by atomic mass is 35.5. The van der Waals surface area contributed by atoms with E-state index in [4.69, 9.17) is 16.3 Å². The van der Waals surface area contributed by atoms with Gasteiger partial charge in [0, 0.05) is 31.9 Å². The van der Waals surface area contributed by atoms with Crippen molar-refractivity contribution < 1.29 is 9.53 Å². The lowest BCUT2D eigenvalue weighted by molar-refractivity contribution is 0.0216. The average molecular weight is 471 g/mol. The number of piperazine rings is 1. The fourth-order valence-corrected chi connectivity index (χ4v) is 5.99. The lowest BCUT2D eigenvalue weighted by Gasteiger charge is -2.37. The first-order valence-electron chi connectivity index (χ1n) is 11.3. The molecule has 0 bridgehead atoms. The van der Waals surface area contributed by atoms with Crippen LogP contribution in [0.15, 0.2) is 30.3 Å². The van der Waals surface area contributed by atoms with Crippen LogP contribution in [0.3, 0.4) is 0 Å². The second-order valence-corrected chi connectivity index (χ2v) is 9.86. The van der Waals surface area contributed by atoms with Crippen LogP contribution in [0.2, 0.25) is 5.28 Å². The van der Waals surface area contributed by atoms with E-state index >= 15 is 0 Å². The summed E-state index contributed by atoms with van der Waals surface area (Å²) in [5, 5.41) is 1.13. The van der Waals surface area contributed by atoms with Crippen LogP contribution >= 0.6 is 22.9 Å². The van der Waals surface area contributed by atoms with Crippen LogP contribution in [-0.4, -0.2) is 48.2 Å². The van der Waals surface area contributed by atoms with Crippen molar-refractivity contribution in [3.8, 4) is 0 Å². The predicted molar refractivity (Wildman–Crippen MR) is 130 cm³/mol. The van der Waals surface area contributed by atoms with E-state index in [1.54, 1.807) is 0 Å². The third-order valence-electron chi connectivity index (χ3n) is 6.46. The Balaban J connectivity index is 1.39. The number of fused-ring (bicyclic) bond motifs is 1. The molecule has 2 aliphatic rings. The summed E-state index contributed by atoms with van der Waals surface area (Å²) in [6, 6.07) is 10.5. The molecule has 1 saturated carbocycles. The van der Waals surface area contributed by atoms with E-state index in [2.05, 4.69) is 44.0 Å². The molecule has 3 aromatic rings. The first kappa shape index (κ1) is 21.5. The molecular formula is C24H27ClN4O2S. The van der Waals surface area contributed by atoms with E-state index in [1.807, 2.05) is 13.0 Å². The van der Waals surface area contributed by atoms with Crippen molar-refractivity contribution in [2.45, 2.75) is 45.1 Å². The average Bonchev–Trinajstić information content (AvgIpc) is 3.16. The molecule has 0 atom stereocenters. The van der Waals surface area contributed by atoms with E-state index in [0.717, 1.165) is 73.5 Å². The number of anilines is 2. The molecule has 0 unspecified atom stereocenters. The smallest absolute Gasteiger partial charge is 0.348 e. The van der Waals surface area contributed by atoms with E-state index < -0.39 is 0 Å². The molecular weight excluding hydrogens is 444 g/mol. The number of halogens is 1. The van der Waals surface area contributed by atoms with Crippen LogP contribution in [0.1, 0.15) is 47.3 Å². The van der Waals surface area contributed by atoms with Gasteiger partial charge >= 0.3 is 5.97 Å². The van der Waals surface area contributed by atoms with Gasteiger partial charge in [0.05, 0.1) is 5.39 Å². The topological polar surface area (TPSA) is 58.6 Å². The molecule has 32 heavy (non-hydrogen) atoms. The molecule has 2 fully saturated rings. The standard InChI is InChI=1S/C24H27ClN4O2S/c1-16-19-21(29-14-12-28(13-15-29)17-8-4-2-5-9-17)26-24(25)27-22(19)32-20(16)23(30)31-18-10-6-3-7-11-18/h2,4-5,8-9,18H,3,6-7,10-15H2,1H3. The Kier molecular flexibility index (Phi) is 6.20. The maximum absolute atomic E-state index is 13.0. The summed E-state index contributed by atoms with van der Waals surface area (Å²) in [6.45, 7) is 5.42. The Morgan fingerprint density at radius 2 is 1.72 bits per heavy atom. The van der Waals surface area contributed by atoms with Crippen molar-refractivity contribution in [1.82, 2.24) is 9.97 Å². The summed E-state index contributed by atoms with van der Waals surface area (Å²) in [7, 11) is 0. The number of esters is 1. The highest BCUT2D eigenvalue weighted by molar-refractivity contribution is 7.20. The first-order chi connectivity index (χ1) is 15.6. The molecule has 1 aliphatic heterocycles. The second kappa shape index (κ2) is 9.24. The van der Waals surface area contributed by atoms with Crippen molar-refractivity contribution in [2.75, 3.05) is 36.0 Å². The Hall–Kier alpha value is -2.38. The molecule has 5 rings (SSSR count). The molecule has 1 saturated heterocycles. The zero-order chi connectivity index (χ0) is 22.1. The Morgan fingerprint density at radius 1 is 1.03 bits per heavy atom. The number of rotatable bonds is 4. The summed E-state index contributed by atoms with van der Waals surface area (Å²) in [5.74, 6) is 0.576. The van der Waals surface area contributed by atoms with Crippen LogP contribution in [0.25, 0.3) is 10.2 Å². The molecule has 3 heterocycles. The van der Waals surface area contributed by atoms with Gasteiger partial charge in [-0.05, 0) is 61.9 Å². The Morgan fingerprint density at radius 3 is 2.44 bits per heavy atom. The van der Waals surface area contributed by atoms with Gasteiger partial charge in [-0.3, -0.25) is 0 Å². The van der Waals surface area contributed by atoms with E-state index in [0.29, 0.717) is 4.88 Å². The number of carbonyl (C=O) groups is 1. The minimum atomic E-state index is -0.242. The number of thiophene rings is 1. The van der Waals surface area contributed by atoms with Crippen LogP contribution in [-0.2, 0) is 4.74 Å². The van der Waals surface area contributed by atoms with Crippen LogP contribution in [0, 0.1) is 6.92 Å². The van der Waals surface area contributed by atoms with Crippen molar-refractivity contribution in [2.24, 2.45) is 0 Å². The van der Waals surface area contributed by atoms with Gasteiger partial charge in [-0.2, -0.15) is 4.98 Å². The largest absolute Gasteiger partial charge is 0.458 e. The maximum atomic E-state index is 13.0. The Bertz CT molecular complexity index is 1110. The number of aromatic nitrogens is 2. The number of ether oxygens (including phenoxy) is 1. The molecule has 6 nitrogen and oxygen atoms in total. The summed E-state index contributed by atoms with van der Waals surface area (Å²) in [4.78, 5) is 28.0. The van der Waals surface area contributed by atoms with Gasteiger partial charge < -0.3 is 14.5 Å². The summed E-state index contributed by atoms with van der Waals surface area (Å²) < 4.78 is 5.84. The second-order valence-electron chi connectivity index (χ2n) is 8.53. The van der Waals surface area contributed by atoms with Crippen molar-refractivity contribution in [3.63, 3.8) is 0 Å². The van der Waals surface area contributed by atoms with Crippen LogP contribution in [0.5, 0.6) is 0 Å². The fourth-order valence-electron chi connectivity index (χ4n) is 4.72. The molecule has 1 aromatic carbocycles. The lowest BCUT2D eigenvalue weighted by atomic mass is 9.98. The number of nitrogens with zero attached hydrogens (tertiary/aromatic N) is 4. The number of aryl methyl sites for hydroxylation is 1. The van der Waals surface area contributed by atoms with Crippen molar-refractivity contribution >= 4 is 50.6 Å². The maximum Gasteiger partial charge on any atom is 0.348 e. The predicted octanol–water partition coefficient (Wildman–Crippen LogP) is 5.47. The van der Waals surface area contributed by atoms with Gasteiger partial charge in [0.1, 0.15) is 21.6 Å². The third kappa shape index (κ3) is 4.28. The molecule has 0 radical (unpaired) electrons. The highest BCUT2D eigenvalue weighted by Gasteiger charge is 2.27. The van der Waals surface area contributed by atoms with Crippen LogP contribution < -0.4 is 9.80 Å². The summed E-state index contributed by atoms with van der Waals surface area (Å²) >= 11 is 7.66. The van der Waals surface area contributed by atoms with Gasteiger partial charge in [0.25, 0.3) is 0 Å². The minimum absolute atomic E-state index is 0.0288. The molecule has 0 N–H and O–H groups in total. The van der Waals surface area contributed by atoms with Crippen molar-refractivity contribution in [3.05, 3.63) is 46.1 Å². The van der Waals surface area contributed by atoms with Gasteiger partial charge in [-0.1, -0.05) is 24.6 Å². The number of carbonyl (C=O) groups excluding carboxylic acids is 1. The van der Waals surface area contributed by atoms with Crippen molar-refractivity contribution in [1.29, 1.82) is 0 Å². The van der Waals surface area contributed by atoms with E-state index in [9.17, 15) is 4.79 Å². The van der Waals surface area contributed by atoms with E-state index in [1.165, 1.54) is 23.4 Å². The van der Waals surface area contributed by atoms with Gasteiger partial charge in [-0.15, -0.1) is 11.3 Å². The number of benzene rings is 1. The monoisotopic (exact) mass is 470 g/mol. The molecule has 168 valence electrons. The van der Waals surface area contributed by atoms with Gasteiger partial charge in [-0.25, -0.2) is 9.78 Å². The quantitative estimate of drug-likeness (QED) is 0.372. The molecule has 1 aliphatic carbocycles. The zero-order valence-corrected chi connectivity index (χ0v) is 19.8.